The molecule has 8 heteroatoms. The van der Waals surface area contributed by atoms with Gasteiger partial charge in [-0.2, -0.15) is 0 Å². The van der Waals surface area contributed by atoms with Gasteiger partial charge in [-0.05, 0) is 32.9 Å². The lowest BCUT2D eigenvalue weighted by Crippen LogP contribution is -2.48. The van der Waals surface area contributed by atoms with Gasteiger partial charge in [0.1, 0.15) is 0 Å². The van der Waals surface area contributed by atoms with Crippen LogP contribution in [-0.2, 0) is 11.3 Å². The fourth-order valence-corrected chi connectivity index (χ4v) is 2.42. The summed E-state index contributed by atoms with van der Waals surface area (Å²) < 4.78 is 0.963. The molecular formula is C10H13BrN2O4S. The Kier molecular flexibility index (Phi) is 5.57. The molecule has 0 fully saturated rings. The normalized spacial score (nSPS) is 11.9. The molecule has 1 aromatic heterocycles. The number of carboxylic acid groups (broad SMARTS) is 1. The molecule has 6 nitrogen and oxygen atoms in total. The van der Waals surface area contributed by atoms with E-state index in [1.165, 1.54) is 16.2 Å². The summed E-state index contributed by atoms with van der Waals surface area (Å²) in [4.78, 5) is 23.7. The molecule has 0 saturated heterocycles. The van der Waals surface area contributed by atoms with Crippen LogP contribution in [0.4, 0.5) is 4.79 Å². The van der Waals surface area contributed by atoms with Crippen molar-refractivity contribution in [2.45, 2.75) is 12.6 Å². The maximum Gasteiger partial charge on any atom is 0.328 e. The molecule has 0 aromatic carbocycles. The van der Waals surface area contributed by atoms with Crippen molar-refractivity contribution in [1.82, 2.24) is 10.2 Å². The molecular weight excluding hydrogens is 324 g/mol. The number of nitrogens with zero attached hydrogens (tertiary/aromatic N) is 1. The lowest BCUT2D eigenvalue weighted by molar-refractivity contribution is -0.140. The number of nitrogens with one attached hydrogen (secondary N) is 1. The largest absolute Gasteiger partial charge is 0.480 e. The summed E-state index contributed by atoms with van der Waals surface area (Å²) >= 11 is 4.82. The molecule has 1 aromatic rings. The Hall–Kier alpha value is -1.12. The molecule has 0 radical (unpaired) electrons. The first kappa shape index (κ1) is 14.9. The van der Waals surface area contributed by atoms with Crippen LogP contribution in [0.25, 0.3) is 0 Å². The van der Waals surface area contributed by atoms with Gasteiger partial charge in [0.25, 0.3) is 0 Å². The second kappa shape index (κ2) is 6.72. The maximum absolute atomic E-state index is 11.7. The van der Waals surface area contributed by atoms with Crippen LogP contribution in [0.2, 0.25) is 0 Å². The summed E-state index contributed by atoms with van der Waals surface area (Å²) in [5.74, 6) is -1.27. The highest BCUT2D eigenvalue weighted by molar-refractivity contribution is 9.11. The van der Waals surface area contributed by atoms with E-state index in [9.17, 15) is 9.59 Å². The highest BCUT2D eigenvalue weighted by atomic mass is 79.9. The van der Waals surface area contributed by atoms with Gasteiger partial charge in [0.05, 0.1) is 10.4 Å². The number of rotatable bonds is 5. The van der Waals surface area contributed by atoms with Crippen LogP contribution in [0.15, 0.2) is 15.2 Å². The summed E-state index contributed by atoms with van der Waals surface area (Å²) in [5, 5.41) is 21.6. The number of carbonyl (C=O) groups is 2. The first-order valence-corrected chi connectivity index (χ1v) is 6.69. The summed E-state index contributed by atoms with van der Waals surface area (Å²) in [5.41, 5.74) is 0.945. The zero-order valence-electron chi connectivity index (χ0n) is 9.59. The second-order valence-corrected chi connectivity index (χ2v) is 5.93. The van der Waals surface area contributed by atoms with Gasteiger partial charge in [-0.15, -0.1) is 11.3 Å². The molecule has 2 amide bonds. The van der Waals surface area contributed by atoms with E-state index in [4.69, 9.17) is 10.2 Å². The molecule has 1 heterocycles. The molecule has 0 bridgehead atoms. The zero-order valence-corrected chi connectivity index (χ0v) is 12.0. The van der Waals surface area contributed by atoms with Gasteiger partial charge >= 0.3 is 12.0 Å². The van der Waals surface area contributed by atoms with Crippen LogP contribution in [-0.4, -0.2) is 46.8 Å². The highest BCUT2D eigenvalue weighted by Gasteiger charge is 2.20. The number of aliphatic hydroxyl groups excluding tert-OH is 1. The van der Waals surface area contributed by atoms with Crippen LogP contribution >= 0.6 is 27.3 Å². The number of hydrogen-bond acceptors (Lipinski definition) is 4. The smallest absolute Gasteiger partial charge is 0.328 e. The van der Waals surface area contributed by atoms with Crippen LogP contribution in [0.3, 0.4) is 0 Å². The van der Waals surface area contributed by atoms with Crippen molar-refractivity contribution in [1.29, 1.82) is 0 Å². The van der Waals surface area contributed by atoms with Gasteiger partial charge in [0.2, 0.25) is 0 Å². The number of aliphatic hydroxyl groups is 1. The van der Waals surface area contributed by atoms with Gasteiger partial charge in [0.15, 0.2) is 6.04 Å². The van der Waals surface area contributed by atoms with Crippen molar-refractivity contribution in [2.24, 2.45) is 0 Å². The minimum Gasteiger partial charge on any atom is -0.480 e. The van der Waals surface area contributed by atoms with Gasteiger partial charge in [-0.1, -0.05) is 0 Å². The Morgan fingerprint density at radius 2 is 2.28 bits per heavy atom. The minimum absolute atomic E-state index is 0.367. The summed E-state index contributed by atoms with van der Waals surface area (Å²) in [6, 6.07) is 0.0581. The van der Waals surface area contributed by atoms with Crippen molar-refractivity contribution < 1.29 is 19.8 Å². The number of thiophene rings is 1. The van der Waals surface area contributed by atoms with Crippen LogP contribution in [0, 0.1) is 0 Å². The predicted octanol–water partition coefficient (Wildman–Crippen LogP) is 1.10. The van der Waals surface area contributed by atoms with Crippen molar-refractivity contribution in [3.8, 4) is 0 Å². The molecule has 1 atom stereocenters. The summed E-state index contributed by atoms with van der Waals surface area (Å²) in [7, 11) is 1.55. The average Bonchev–Trinajstić information content (AvgIpc) is 2.70. The average molecular weight is 337 g/mol. The molecule has 0 aliphatic rings. The second-order valence-electron chi connectivity index (χ2n) is 3.64. The number of amides is 2. The topological polar surface area (TPSA) is 89.9 Å². The first-order valence-electron chi connectivity index (χ1n) is 5.02. The Morgan fingerprint density at radius 1 is 1.61 bits per heavy atom. The number of hydrogen-bond donors (Lipinski definition) is 3. The van der Waals surface area contributed by atoms with E-state index in [1.807, 2.05) is 11.4 Å². The van der Waals surface area contributed by atoms with E-state index in [-0.39, 0.29) is 0 Å². The molecule has 0 unspecified atom stereocenters. The number of carboxylic acids is 1. The highest BCUT2D eigenvalue weighted by Crippen LogP contribution is 2.21. The summed E-state index contributed by atoms with van der Waals surface area (Å²) in [6.07, 6.45) is 0. The SMILES string of the molecule is CN(Cc1csc(Br)c1)C(=O)N[C@H](CO)C(=O)O. The van der Waals surface area contributed by atoms with E-state index in [2.05, 4.69) is 21.2 Å². The fourth-order valence-electron chi connectivity index (χ4n) is 1.22. The van der Waals surface area contributed by atoms with E-state index in [0.717, 1.165) is 9.35 Å². The fraction of sp³-hybridized carbons (Fsp3) is 0.400. The maximum atomic E-state index is 11.7. The van der Waals surface area contributed by atoms with Gasteiger partial charge in [-0.25, -0.2) is 9.59 Å². The number of carbonyl (C=O) groups excluding carboxylic acids is 1. The monoisotopic (exact) mass is 336 g/mol. The van der Waals surface area contributed by atoms with Crippen molar-refractivity contribution >= 4 is 39.3 Å². The first-order chi connectivity index (χ1) is 8.43. The van der Waals surface area contributed by atoms with Crippen LogP contribution in [0.1, 0.15) is 5.56 Å². The van der Waals surface area contributed by atoms with E-state index < -0.39 is 24.6 Å². The molecule has 3 N–H and O–H groups in total. The van der Waals surface area contributed by atoms with E-state index in [1.54, 1.807) is 7.05 Å². The molecule has 0 aliphatic heterocycles. The third kappa shape index (κ3) is 4.28. The quantitative estimate of drug-likeness (QED) is 0.751. The van der Waals surface area contributed by atoms with Gasteiger partial charge < -0.3 is 20.4 Å². The third-order valence-electron chi connectivity index (χ3n) is 2.17. The van der Waals surface area contributed by atoms with Crippen molar-refractivity contribution in [2.75, 3.05) is 13.7 Å². The molecule has 1 rings (SSSR count). The van der Waals surface area contributed by atoms with Crippen molar-refractivity contribution in [3.63, 3.8) is 0 Å². The molecule has 18 heavy (non-hydrogen) atoms. The van der Waals surface area contributed by atoms with Gasteiger partial charge in [-0.3, -0.25) is 0 Å². The molecule has 0 spiro atoms. The molecule has 0 aliphatic carbocycles. The number of urea groups is 1. The standard InChI is InChI=1S/C10H13BrN2O4S/c1-13(3-6-2-8(11)18-5-6)10(17)12-7(4-14)9(15)16/h2,5,7,14H,3-4H2,1H3,(H,12,17)(H,15,16)/t7-/m1/s1. The van der Waals surface area contributed by atoms with Crippen LogP contribution < -0.4 is 5.32 Å². The molecule has 0 saturated carbocycles. The molecule has 100 valence electrons. The Bertz CT molecular complexity index is 437. The summed E-state index contributed by atoms with van der Waals surface area (Å²) in [6.45, 7) is -0.273. The third-order valence-corrected chi connectivity index (χ3v) is 3.72. The number of halogens is 1. The lowest BCUT2D eigenvalue weighted by Gasteiger charge is -2.19. The van der Waals surface area contributed by atoms with Gasteiger partial charge in [0, 0.05) is 13.6 Å². The zero-order chi connectivity index (χ0) is 13.7. The predicted molar refractivity (Wildman–Crippen MR) is 70.5 cm³/mol. The Balaban J connectivity index is 2.53. The van der Waals surface area contributed by atoms with Crippen LogP contribution in [0.5, 0.6) is 0 Å². The number of aliphatic carboxylic acids is 1. The van der Waals surface area contributed by atoms with E-state index in [0.29, 0.717) is 6.54 Å². The minimum atomic E-state index is -1.28. The Morgan fingerprint density at radius 3 is 2.72 bits per heavy atom. The van der Waals surface area contributed by atoms with Crippen molar-refractivity contribution in [3.05, 3.63) is 20.8 Å². The lowest BCUT2D eigenvalue weighted by atomic mass is 10.3. The van der Waals surface area contributed by atoms with E-state index >= 15 is 0 Å². The Labute approximate surface area is 116 Å².